The highest BCUT2D eigenvalue weighted by atomic mass is 35.5. The number of aromatic nitrogens is 1. The van der Waals surface area contributed by atoms with Crippen LogP contribution in [0, 0.1) is 6.92 Å². The van der Waals surface area contributed by atoms with E-state index < -0.39 is 0 Å². The first-order chi connectivity index (χ1) is 9.70. The lowest BCUT2D eigenvalue weighted by Crippen LogP contribution is -2.15. The number of nitrogens with zero attached hydrogens (tertiary/aromatic N) is 1. The topological polar surface area (TPSA) is 24.9 Å². The molecular formula is C17H19ClN2. The molecule has 3 heteroatoms. The molecule has 0 aliphatic carbocycles. The number of hydrogen-bond donors (Lipinski definition) is 1. The summed E-state index contributed by atoms with van der Waals surface area (Å²) in [6.07, 6.45) is 3.36. The van der Waals surface area contributed by atoms with E-state index in [1.807, 2.05) is 12.1 Å². The Balaban J connectivity index is 1.83. The van der Waals surface area contributed by atoms with Crippen molar-refractivity contribution in [3.63, 3.8) is 0 Å². The zero-order valence-corrected chi connectivity index (χ0v) is 12.5. The number of aryl methyl sites for hydroxylation is 1. The largest absolute Gasteiger partial charge is 0.309 e. The van der Waals surface area contributed by atoms with E-state index >= 15 is 0 Å². The van der Waals surface area contributed by atoms with Crippen LogP contribution in [0.4, 0.5) is 0 Å². The van der Waals surface area contributed by atoms with Crippen LogP contribution in [0.15, 0.2) is 36.4 Å². The highest BCUT2D eigenvalue weighted by Crippen LogP contribution is 2.23. The first-order valence-electron chi connectivity index (χ1n) is 7.16. The maximum Gasteiger partial charge on any atom is 0.0579 e. The van der Waals surface area contributed by atoms with Crippen LogP contribution in [0.3, 0.4) is 0 Å². The van der Waals surface area contributed by atoms with E-state index in [1.165, 1.54) is 29.7 Å². The average molecular weight is 287 g/mol. The van der Waals surface area contributed by atoms with Crippen LogP contribution >= 0.6 is 11.6 Å². The van der Waals surface area contributed by atoms with Crippen molar-refractivity contribution in [2.45, 2.75) is 32.2 Å². The van der Waals surface area contributed by atoms with Crippen LogP contribution in [0.2, 0.25) is 5.02 Å². The van der Waals surface area contributed by atoms with Gasteiger partial charge in [0.05, 0.1) is 5.69 Å². The van der Waals surface area contributed by atoms with Crippen molar-refractivity contribution in [2.24, 2.45) is 0 Å². The molecule has 0 spiro atoms. The van der Waals surface area contributed by atoms with Crippen molar-refractivity contribution in [1.29, 1.82) is 0 Å². The van der Waals surface area contributed by atoms with E-state index in [9.17, 15) is 0 Å². The number of halogens is 1. The van der Waals surface area contributed by atoms with E-state index in [2.05, 4.69) is 41.5 Å². The Hall–Kier alpha value is -1.38. The van der Waals surface area contributed by atoms with Gasteiger partial charge in [-0.3, -0.25) is 4.98 Å². The van der Waals surface area contributed by atoms with Crippen molar-refractivity contribution >= 4 is 11.6 Å². The summed E-state index contributed by atoms with van der Waals surface area (Å²) in [7, 11) is 0. The van der Waals surface area contributed by atoms with Gasteiger partial charge in [-0.1, -0.05) is 23.7 Å². The lowest BCUT2D eigenvalue weighted by molar-refractivity contribution is 0.624. The fourth-order valence-electron chi connectivity index (χ4n) is 2.82. The van der Waals surface area contributed by atoms with E-state index in [0.29, 0.717) is 6.04 Å². The lowest BCUT2D eigenvalue weighted by Gasteiger charge is -2.13. The minimum atomic E-state index is 0.430. The molecule has 0 saturated carbocycles. The summed E-state index contributed by atoms with van der Waals surface area (Å²) in [5.74, 6) is 0. The van der Waals surface area contributed by atoms with Crippen LogP contribution < -0.4 is 5.32 Å². The second-order valence-electron chi connectivity index (χ2n) is 5.49. The van der Waals surface area contributed by atoms with Gasteiger partial charge in [0.15, 0.2) is 0 Å². The molecule has 0 radical (unpaired) electrons. The molecule has 1 aliphatic rings. The number of rotatable bonds is 3. The average Bonchev–Trinajstić information content (AvgIpc) is 2.95. The summed E-state index contributed by atoms with van der Waals surface area (Å²) in [6, 6.07) is 12.9. The molecule has 1 aliphatic heterocycles. The molecule has 1 atom stereocenters. The van der Waals surface area contributed by atoms with Gasteiger partial charge in [-0.25, -0.2) is 0 Å². The standard InChI is InChI=1S/C17H19ClN2/c1-12-9-14(10-13-4-6-15(18)7-5-13)11-17(20-12)16-3-2-8-19-16/h4-7,9,11,16,19H,2-3,8,10H2,1H3. The Morgan fingerprint density at radius 3 is 2.70 bits per heavy atom. The molecule has 1 saturated heterocycles. The Bertz CT molecular complexity index is 586. The van der Waals surface area contributed by atoms with Gasteiger partial charge < -0.3 is 5.32 Å². The van der Waals surface area contributed by atoms with Gasteiger partial charge in [0, 0.05) is 16.8 Å². The van der Waals surface area contributed by atoms with Gasteiger partial charge >= 0.3 is 0 Å². The van der Waals surface area contributed by atoms with Crippen LogP contribution in [0.1, 0.15) is 41.4 Å². The smallest absolute Gasteiger partial charge is 0.0579 e. The Kier molecular flexibility index (Phi) is 4.04. The van der Waals surface area contributed by atoms with Crippen LogP contribution in [-0.4, -0.2) is 11.5 Å². The molecule has 1 aromatic heterocycles. The SMILES string of the molecule is Cc1cc(Cc2ccc(Cl)cc2)cc(C2CCCN2)n1. The van der Waals surface area contributed by atoms with E-state index in [0.717, 1.165) is 23.7 Å². The maximum absolute atomic E-state index is 5.93. The van der Waals surface area contributed by atoms with Crippen molar-refractivity contribution < 1.29 is 0 Å². The van der Waals surface area contributed by atoms with Gasteiger partial charge in [0.2, 0.25) is 0 Å². The first kappa shape index (κ1) is 13.6. The molecule has 0 amide bonds. The zero-order chi connectivity index (χ0) is 13.9. The van der Waals surface area contributed by atoms with Crippen molar-refractivity contribution in [3.05, 3.63) is 63.9 Å². The van der Waals surface area contributed by atoms with Gasteiger partial charge in [-0.05, 0) is 68.1 Å². The monoisotopic (exact) mass is 286 g/mol. The van der Waals surface area contributed by atoms with E-state index in [4.69, 9.17) is 11.6 Å². The third-order valence-corrected chi connectivity index (χ3v) is 4.02. The number of benzene rings is 1. The summed E-state index contributed by atoms with van der Waals surface area (Å²) in [5.41, 5.74) is 4.89. The molecule has 20 heavy (non-hydrogen) atoms. The summed E-state index contributed by atoms with van der Waals surface area (Å²) in [4.78, 5) is 4.69. The third kappa shape index (κ3) is 3.20. The molecule has 1 fully saturated rings. The molecular weight excluding hydrogens is 268 g/mol. The summed E-state index contributed by atoms with van der Waals surface area (Å²) in [5, 5.41) is 4.31. The van der Waals surface area contributed by atoms with Gasteiger partial charge in [0.1, 0.15) is 0 Å². The number of hydrogen-bond acceptors (Lipinski definition) is 2. The van der Waals surface area contributed by atoms with Crippen LogP contribution in [0.5, 0.6) is 0 Å². The second-order valence-corrected chi connectivity index (χ2v) is 5.93. The van der Waals surface area contributed by atoms with Gasteiger partial charge in [0.25, 0.3) is 0 Å². The maximum atomic E-state index is 5.93. The third-order valence-electron chi connectivity index (χ3n) is 3.77. The highest BCUT2D eigenvalue weighted by Gasteiger charge is 2.18. The fraction of sp³-hybridized carbons (Fsp3) is 0.353. The van der Waals surface area contributed by atoms with Crippen LogP contribution in [0.25, 0.3) is 0 Å². The number of nitrogens with one attached hydrogen (secondary N) is 1. The normalized spacial score (nSPS) is 18.4. The molecule has 2 aromatic rings. The molecule has 2 heterocycles. The van der Waals surface area contributed by atoms with Crippen LogP contribution in [-0.2, 0) is 6.42 Å². The lowest BCUT2D eigenvalue weighted by atomic mass is 10.0. The Morgan fingerprint density at radius 2 is 2.00 bits per heavy atom. The minimum absolute atomic E-state index is 0.430. The molecule has 0 bridgehead atoms. The van der Waals surface area contributed by atoms with E-state index in [1.54, 1.807) is 0 Å². The molecule has 1 aromatic carbocycles. The molecule has 104 valence electrons. The van der Waals surface area contributed by atoms with Crippen molar-refractivity contribution in [2.75, 3.05) is 6.54 Å². The van der Waals surface area contributed by atoms with Crippen molar-refractivity contribution in [1.82, 2.24) is 10.3 Å². The summed E-state index contributed by atoms with van der Waals surface area (Å²) < 4.78 is 0. The first-order valence-corrected chi connectivity index (χ1v) is 7.54. The number of pyridine rings is 1. The predicted octanol–water partition coefficient (Wildman–Crippen LogP) is 4.06. The van der Waals surface area contributed by atoms with E-state index in [-0.39, 0.29) is 0 Å². The highest BCUT2D eigenvalue weighted by molar-refractivity contribution is 6.30. The quantitative estimate of drug-likeness (QED) is 0.920. The zero-order valence-electron chi connectivity index (χ0n) is 11.7. The Morgan fingerprint density at radius 1 is 1.20 bits per heavy atom. The van der Waals surface area contributed by atoms with Gasteiger partial charge in [-0.2, -0.15) is 0 Å². The fourth-order valence-corrected chi connectivity index (χ4v) is 2.95. The molecule has 1 unspecified atom stereocenters. The predicted molar refractivity (Wildman–Crippen MR) is 83.2 cm³/mol. The summed E-state index contributed by atoms with van der Waals surface area (Å²) >= 11 is 5.93. The molecule has 1 N–H and O–H groups in total. The second kappa shape index (κ2) is 5.94. The minimum Gasteiger partial charge on any atom is -0.309 e. The molecule has 2 nitrogen and oxygen atoms in total. The molecule has 3 rings (SSSR count). The Labute approximate surface area is 125 Å². The summed E-state index contributed by atoms with van der Waals surface area (Å²) in [6.45, 7) is 3.18. The van der Waals surface area contributed by atoms with Crippen molar-refractivity contribution in [3.8, 4) is 0 Å². The van der Waals surface area contributed by atoms with Gasteiger partial charge in [-0.15, -0.1) is 0 Å².